The molecule has 0 aliphatic carbocycles. The van der Waals surface area contributed by atoms with Gasteiger partial charge in [-0.2, -0.15) is 0 Å². The fraction of sp³-hybridized carbons (Fsp3) is 0.433. The zero-order chi connectivity index (χ0) is 38.8. The fourth-order valence-corrected chi connectivity index (χ4v) is 6.19. The SMILES string of the molecule is BC(B)(N)C(B)(B)C(B)(B)C(B)(B)C(NC(=O)[C@H](Cc1ccccc1)NC(=O)[C@@H](CCCNC(=N)N)NC(=O)[C@@H](N)Cc1ccccc1)C(N)=O. The predicted octanol–water partition coefficient (Wildman–Crippen LogP) is -8.97. The van der Waals surface area contributed by atoms with Crippen LogP contribution in [0, 0.1) is 5.41 Å². The van der Waals surface area contributed by atoms with Crippen LogP contribution in [-0.4, -0.2) is 128 Å². The van der Waals surface area contributed by atoms with E-state index >= 15 is 0 Å². The van der Waals surface area contributed by atoms with E-state index in [2.05, 4.69) is 21.3 Å². The Morgan fingerprint density at radius 1 is 0.686 bits per heavy atom. The van der Waals surface area contributed by atoms with Crippen LogP contribution in [0.1, 0.15) is 24.0 Å². The molecular formula is C30H53B8N9O4. The molecule has 0 saturated carbocycles. The minimum atomic E-state index is -1.15. The van der Waals surface area contributed by atoms with Crippen LogP contribution in [-0.2, 0) is 32.0 Å². The normalized spacial score (nSPS) is 14.5. The van der Waals surface area contributed by atoms with Crippen LogP contribution in [0.5, 0.6) is 0 Å². The quantitative estimate of drug-likeness (QED) is 0.0296. The van der Waals surface area contributed by atoms with Crippen molar-refractivity contribution in [3.8, 4) is 0 Å². The molecule has 266 valence electrons. The Morgan fingerprint density at radius 2 is 1.16 bits per heavy atom. The molecule has 2 aromatic carbocycles. The molecule has 2 rings (SSSR count). The van der Waals surface area contributed by atoms with Crippen LogP contribution >= 0.6 is 0 Å². The minimum Gasteiger partial charge on any atom is -0.370 e. The van der Waals surface area contributed by atoms with Crippen LogP contribution in [0.3, 0.4) is 0 Å². The van der Waals surface area contributed by atoms with Gasteiger partial charge in [-0.05, 0) is 30.4 Å². The average Bonchev–Trinajstić information content (AvgIpc) is 3.04. The molecule has 13 nitrogen and oxygen atoms in total. The number of carbonyl (C=O) groups excluding carboxylic acids is 4. The summed E-state index contributed by atoms with van der Waals surface area (Å²) in [6.07, 6.45) is 0.867. The second-order valence-electron chi connectivity index (χ2n) is 15.6. The first-order valence-electron chi connectivity index (χ1n) is 17.4. The molecule has 4 amide bonds. The molecule has 0 radical (unpaired) electrons. The van der Waals surface area contributed by atoms with E-state index < -0.39 is 68.8 Å². The summed E-state index contributed by atoms with van der Waals surface area (Å²) in [5, 5.41) is 15.8. The molecule has 2 aromatic rings. The van der Waals surface area contributed by atoms with Crippen LogP contribution in [0.4, 0.5) is 0 Å². The van der Waals surface area contributed by atoms with Gasteiger partial charge in [0.1, 0.15) is 43.5 Å². The number of nitrogens with one attached hydrogen (secondary N) is 5. The van der Waals surface area contributed by atoms with Crippen molar-refractivity contribution >= 4 is 92.4 Å². The summed E-state index contributed by atoms with van der Waals surface area (Å²) in [4.78, 5) is 54.6. The first-order valence-corrected chi connectivity index (χ1v) is 17.4. The van der Waals surface area contributed by atoms with E-state index in [0.717, 1.165) is 11.1 Å². The lowest BCUT2D eigenvalue weighted by atomic mass is 9.11. The number of amides is 4. The molecule has 51 heavy (non-hydrogen) atoms. The zero-order valence-corrected chi connectivity index (χ0v) is 31.6. The Labute approximate surface area is 309 Å². The Morgan fingerprint density at radius 3 is 1.63 bits per heavy atom. The van der Waals surface area contributed by atoms with Gasteiger partial charge in [0.15, 0.2) is 5.96 Å². The topological polar surface area (TPSA) is 244 Å². The van der Waals surface area contributed by atoms with Crippen molar-refractivity contribution in [2.75, 3.05) is 6.54 Å². The molecular weight excluding hydrogens is 637 g/mol. The summed E-state index contributed by atoms with van der Waals surface area (Å²) in [6.45, 7) is 0.278. The van der Waals surface area contributed by atoms with Gasteiger partial charge in [-0.1, -0.05) is 81.6 Å². The third-order valence-electron chi connectivity index (χ3n) is 11.2. The van der Waals surface area contributed by atoms with E-state index in [9.17, 15) is 19.2 Å². The van der Waals surface area contributed by atoms with Crippen LogP contribution in [0.15, 0.2) is 60.7 Å². The number of primary amides is 1. The standard InChI is InChI=1S/C30H53B8N9O4/c31-27(32,28(33,34)29(35,36)30(37,38)43)21(22(40)48)47-25(51)20(15-17-10-5-2-6-11-17)46-24(50)19(12-7-13-44-26(41)42)45-23(49)18(39)14-16-8-3-1-4-9-16/h1-6,8-11,18-21H,7,12-15,31-39,43H2,(H2,40,48)(H,45,49)(H,46,50)(H,47,51)(H4,41,42,44)/t18-,19+,20-,21?/m0/s1. The lowest BCUT2D eigenvalue weighted by molar-refractivity contribution is -0.133. The maximum atomic E-state index is 14.2. The summed E-state index contributed by atoms with van der Waals surface area (Å²) in [5.41, 5.74) is 25.9. The zero-order valence-electron chi connectivity index (χ0n) is 31.6. The molecule has 0 bridgehead atoms. The highest BCUT2D eigenvalue weighted by Gasteiger charge is 2.55. The highest BCUT2D eigenvalue weighted by Crippen LogP contribution is 2.60. The number of hydrogen-bond acceptors (Lipinski definition) is 7. The van der Waals surface area contributed by atoms with Gasteiger partial charge >= 0.3 is 0 Å². The minimum absolute atomic E-state index is 0.0924. The van der Waals surface area contributed by atoms with Crippen molar-refractivity contribution in [3.05, 3.63) is 71.8 Å². The largest absolute Gasteiger partial charge is 0.370 e. The van der Waals surface area contributed by atoms with Crippen molar-refractivity contribution in [1.29, 1.82) is 5.41 Å². The van der Waals surface area contributed by atoms with Crippen LogP contribution < -0.4 is 44.2 Å². The predicted molar refractivity (Wildman–Crippen MR) is 226 cm³/mol. The smallest absolute Gasteiger partial charge is 0.243 e. The Bertz CT molecular complexity index is 1520. The second kappa shape index (κ2) is 18.0. The van der Waals surface area contributed by atoms with E-state index in [1.165, 1.54) is 0 Å². The fourth-order valence-electron chi connectivity index (χ4n) is 6.19. The van der Waals surface area contributed by atoms with Crippen molar-refractivity contribution in [2.45, 2.75) is 70.8 Å². The Hall–Kier alpha value is -3.97. The average molecular weight is 690 g/mol. The van der Waals surface area contributed by atoms with Crippen LogP contribution in [0.25, 0.3) is 0 Å². The van der Waals surface area contributed by atoms with E-state index in [1.807, 2.05) is 123 Å². The van der Waals surface area contributed by atoms with Crippen molar-refractivity contribution < 1.29 is 19.2 Å². The summed E-state index contributed by atoms with van der Waals surface area (Å²) in [7, 11) is 15.7. The second-order valence-corrected chi connectivity index (χ2v) is 15.6. The summed E-state index contributed by atoms with van der Waals surface area (Å²) >= 11 is 0. The van der Waals surface area contributed by atoms with Gasteiger partial charge < -0.3 is 44.2 Å². The molecule has 21 heteroatoms. The number of hydrogen-bond donors (Lipinski definition) is 9. The number of carbonyl (C=O) groups is 4. The first kappa shape index (κ1) is 43.2. The summed E-state index contributed by atoms with van der Waals surface area (Å²) in [5.74, 6) is -2.72. The highest BCUT2D eigenvalue weighted by molar-refractivity contribution is 6.66. The third-order valence-corrected chi connectivity index (χ3v) is 11.2. The first-order chi connectivity index (χ1) is 23.5. The number of nitrogens with two attached hydrogens (primary N) is 4. The number of rotatable bonds is 19. The number of guanidine groups is 1. The van der Waals surface area contributed by atoms with Gasteiger partial charge in [0.05, 0.1) is 43.5 Å². The van der Waals surface area contributed by atoms with Gasteiger partial charge in [-0.3, -0.25) is 24.6 Å². The van der Waals surface area contributed by atoms with Crippen molar-refractivity contribution in [2.24, 2.45) is 22.9 Å². The summed E-state index contributed by atoms with van der Waals surface area (Å²) in [6, 6.07) is 14.1. The highest BCUT2D eigenvalue weighted by atomic mass is 16.2. The third kappa shape index (κ3) is 11.5. The number of benzene rings is 2. The molecule has 0 heterocycles. The van der Waals surface area contributed by atoms with Crippen LogP contribution in [0.2, 0.25) is 15.6 Å². The molecule has 0 saturated heterocycles. The molecule has 0 aliphatic rings. The summed E-state index contributed by atoms with van der Waals surface area (Å²) < 4.78 is 0. The van der Waals surface area contributed by atoms with E-state index in [4.69, 9.17) is 28.3 Å². The van der Waals surface area contributed by atoms with E-state index in [-0.39, 0.29) is 31.8 Å². The molecule has 0 aromatic heterocycles. The maximum absolute atomic E-state index is 14.2. The van der Waals surface area contributed by atoms with Gasteiger partial charge in [0.25, 0.3) is 0 Å². The lowest BCUT2D eigenvalue weighted by Gasteiger charge is -2.61. The maximum Gasteiger partial charge on any atom is 0.243 e. The Kier molecular flexibility index (Phi) is 15.2. The van der Waals surface area contributed by atoms with E-state index in [1.54, 1.807) is 0 Å². The molecule has 0 fully saturated rings. The molecule has 13 N–H and O–H groups in total. The monoisotopic (exact) mass is 691 g/mol. The van der Waals surface area contributed by atoms with Gasteiger partial charge in [-0.15, -0.1) is 0 Å². The van der Waals surface area contributed by atoms with E-state index in [0.29, 0.717) is 6.42 Å². The van der Waals surface area contributed by atoms with Gasteiger partial charge in [0.2, 0.25) is 23.6 Å². The molecule has 0 spiro atoms. The van der Waals surface area contributed by atoms with Crippen molar-refractivity contribution in [3.63, 3.8) is 0 Å². The molecule has 4 atom stereocenters. The van der Waals surface area contributed by atoms with Gasteiger partial charge in [-0.25, -0.2) is 0 Å². The van der Waals surface area contributed by atoms with Gasteiger partial charge in [0, 0.05) is 13.0 Å². The molecule has 1 unspecified atom stereocenters. The van der Waals surface area contributed by atoms with Crippen molar-refractivity contribution in [1.82, 2.24) is 21.3 Å². The Balaban J connectivity index is 2.43. The lowest BCUT2D eigenvalue weighted by Crippen LogP contribution is -2.66. The molecule has 0 aliphatic heterocycles.